The molecule has 14 heavy (non-hydrogen) atoms. The zero-order valence-electron chi connectivity index (χ0n) is 8.41. The van der Waals surface area contributed by atoms with E-state index in [1.165, 1.54) is 5.56 Å². The number of nitrogens with zero attached hydrogens (tertiary/aromatic N) is 1. The third-order valence-electron chi connectivity index (χ3n) is 2.18. The van der Waals surface area contributed by atoms with Crippen molar-refractivity contribution < 1.29 is 0 Å². The van der Waals surface area contributed by atoms with E-state index in [1.807, 2.05) is 0 Å². The van der Waals surface area contributed by atoms with Crippen LogP contribution in [-0.4, -0.2) is 30.8 Å². The Balaban J connectivity index is 2.34. The molecule has 0 fully saturated rings. The molecule has 1 aromatic carbocycles. The predicted molar refractivity (Wildman–Crippen MR) is 69.2 cm³/mol. The van der Waals surface area contributed by atoms with Gasteiger partial charge >= 0.3 is 0 Å². The van der Waals surface area contributed by atoms with Gasteiger partial charge in [-0.15, -0.1) is 0 Å². The predicted octanol–water partition coefficient (Wildman–Crippen LogP) is 2.85. The molecule has 0 aliphatic rings. The van der Waals surface area contributed by atoms with Gasteiger partial charge in [0, 0.05) is 23.3 Å². The average Bonchev–Trinajstić information content (AvgIpc) is 2.17. The Morgan fingerprint density at radius 3 is 2.43 bits per heavy atom. The molecule has 0 aliphatic heterocycles. The Labute approximate surface area is 100 Å². The monoisotopic (exact) mass is 273 g/mol. The van der Waals surface area contributed by atoms with Crippen molar-refractivity contribution in [3.8, 4) is 0 Å². The second-order valence-electron chi connectivity index (χ2n) is 3.40. The van der Waals surface area contributed by atoms with Crippen LogP contribution in [0.4, 0.5) is 0 Å². The van der Waals surface area contributed by atoms with Crippen molar-refractivity contribution in [3.63, 3.8) is 0 Å². The van der Waals surface area contributed by atoms with Gasteiger partial charge in [0.2, 0.25) is 0 Å². The van der Waals surface area contributed by atoms with Crippen LogP contribution in [0.5, 0.6) is 0 Å². The number of hydrogen-bond donors (Lipinski definition) is 1. The van der Waals surface area contributed by atoms with Gasteiger partial charge in [0.15, 0.2) is 0 Å². The Morgan fingerprint density at radius 2 is 1.86 bits per heavy atom. The quantitative estimate of drug-likeness (QED) is 0.808. The summed E-state index contributed by atoms with van der Waals surface area (Å²) in [6.07, 6.45) is 1.11. The first-order chi connectivity index (χ1) is 6.72. The average molecular weight is 274 g/mol. The highest BCUT2D eigenvalue weighted by Crippen LogP contribution is 2.10. The van der Waals surface area contributed by atoms with E-state index in [-0.39, 0.29) is 0 Å². The molecule has 0 saturated heterocycles. The zero-order chi connectivity index (χ0) is 10.4. The van der Waals surface area contributed by atoms with Crippen LogP contribution < -0.4 is 0 Å². The van der Waals surface area contributed by atoms with Crippen molar-refractivity contribution >= 4 is 28.6 Å². The van der Waals surface area contributed by atoms with Gasteiger partial charge in [-0.05, 0) is 31.2 Å². The van der Waals surface area contributed by atoms with Crippen LogP contribution in [0.1, 0.15) is 5.56 Å². The third kappa shape index (κ3) is 4.49. The second kappa shape index (κ2) is 6.49. The van der Waals surface area contributed by atoms with Gasteiger partial charge < -0.3 is 4.90 Å². The standard InChI is InChI=1S/C11H16BrNS/c1-13(8-9-14)7-6-10-2-4-11(12)5-3-10/h2-5,14H,6-9H2,1H3. The summed E-state index contributed by atoms with van der Waals surface area (Å²) in [5.74, 6) is 0.927. The Hall–Kier alpha value is 0.01000. The molecule has 3 heteroatoms. The number of hydrogen-bond acceptors (Lipinski definition) is 2. The maximum absolute atomic E-state index is 4.21. The van der Waals surface area contributed by atoms with Crippen molar-refractivity contribution in [3.05, 3.63) is 34.3 Å². The molecule has 0 heterocycles. The summed E-state index contributed by atoms with van der Waals surface area (Å²) in [7, 11) is 2.13. The minimum Gasteiger partial charge on any atom is -0.305 e. The lowest BCUT2D eigenvalue weighted by Gasteiger charge is -2.14. The fraction of sp³-hybridized carbons (Fsp3) is 0.455. The number of halogens is 1. The van der Waals surface area contributed by atoms with Gasteiger partial charge in [0.1, 0.15) is 0 Å². The van der Waals surface area contributed by atoms with E-state index in [9.17, 15) is 0 Å². The van der Waals surface area contributed by atoms with Crippen molar-refractivity contribution in [2.75, 3.05) is 25.9 Å². The number of thiol groups is 1. The summed E-state index contributed by atoms with van der Waals surface area (Å²) in [5.41, 5.74) is 1.39. The Kier molecular flexibility index (Phi) is 5.60. The molecule has 1 nitrogen and oxygen atoms in total. The Morgan fingerprint density at radius 1 is 1.21 bits per heavy atom. The lowest BCUT2D eigenvalue weighted by molar-refractivity contribution is 0.361. The molecule has 0 radical (unpaired) electrons. The largest absolute Gasteiger partial charge is 0.305 e. The molecule has 0 aromatic heterocycles. The Bertz CT molecular complexity index is 260. The maximum atomic E-state index is 4.21. The first-order valence-electron chi connectivity index (χ1n) is 4.76. The fourth-order valence-electron chi connectivity index (χ4n) is 1.25. The van der Waals surface area contributed by atoms with E-state index in [4.69, 9.17) is 0 Å². The molecule has 0 spiro atoms. The number of likely N-dealkylation sites (N-methyl/N-ethyl adjacent to an activating group) is 1. The van der Waals surface area contributed by atoms with Crippen LogP contribution >= 0.6 is 28.6 Å². The van der Waals surface area contributed by atoms with Crippen molar-refractivity contribution in [2.45, 2.75) is 6.42 Å². The van der Waals surface area contributed by atoms with Crippen molar-refractivity contribution in [1.82, 2.24) is 4.90 Å². The highest BCUT2D eigenvalue weighted by atomic mass is 79.9. The van der Waals surface area contributed by atoms with E-state index < -0.39 is 0 Å². The summed E-state index contributed by atoms with van der Waals surface area (Å²) in [6.45, 7) is 2.15. The molecule has 0 aliphatic carbocycles. The molecule has 0 atom stereocenters. The summed E-state index contributed by atoms with van der Waals surface area (Å²) in [4.78, 5) is 2.30. The maximum Gasteiger partial charge on any atom is 0.0175 e. The van der Waals surface area contributed by atoms with Gasteiger partial charge in [0.25, 0.3) is 0 Å². The van der Waals surface area contributed by atoms with E-state index in [0.717, 1.165) is 29.7 Å². The number of rotatable bonds is 5. The van der Waals surface area contributed by atoms with Crippen LogP contribution in [0.2, 0.25) is 0 Å². The summed E-state index contributed by atoms with van der Waals surface area (Å²) >= 11 is 7.64. The normalized spacial score (nSPS) is 10.9. The van der Waals surface area contributed by atoms with Gasteiger partial charge in [-0.25, -0.2) is 0 Å². The molecule has 1 rings (SSSR count). The van der Waals surface area contributed by atoms with E-state index in [0.29, 0.717) is 0 Å². The summed E-state index contributed by atoms with van der Waals surface area (Å²) in [5, 5.41) is 0. The second-order valence-corrected chi connectivity index (χ2v) is 4.77. The molecule has 0 saturated carbocycles. The lowest BCUT2D eigenvalue weighted by atomic mass is 10.1. The molecule has 0 amide bonds. The molecular weight excluding hydrogens is 258 g/mol. The van der Waals surface area contributed by atoms with Gasteiger partial charge in [0.05, 0.1) is 0 Å². The first-order valence-corrected chi connectivity index (χ1v) is 6.19. The molecular formula is C11H16BrNS. The van der Waals surface area contributed by atoms with E-state index >= 15 is 0 Å². The van der Waals surface area contributed by atoms with Crippen LogP contribution in [0.3, 0.4) is 0 Å². The number of benzene rings is 1. The summed E-state index contributed by atoms with van der Waals surface area (Å²) < 4.78 is 1.14. The fourth-order valence-corrected chi connectivity index (χ4v) is 1.86. The minimum atomic E-state index is 0.927. The smallest absolute Gasteiger partial charge is 0.0175 e. The molecule has 78 valence electrons. The summed E-state index contributed by atoms with van der Waals surface area (Å²) in [6, 6.07) is 8.51. The van der Waals surface area contributed by atoms with Gasteiger partial charge in [-0.2, -0.15) is 12.6 Å². The van der Waals surface area contributed by atoms with Gasteiger partial charge in [-0.3, -0.25) is 0 Å². The zero-order valence-corrected chi connectivity index (χ0v) is 10.9. The van der Waals surface area contributed by atoms with Crippen molar-refractivity contribution in [2.24, 2.45) is 0 Å². The highest BCUT2D eigenvalue weighted by molar-refractivity contribution is 9.10. The van der Waals surface area contributed by atoms with E-state index in [2.05, 4.69) is 64.8 Å². The molecule has 0 unspecified atom stereocenters. The molecule has 1 aromatic rings. The van der Waals surface area contributed by atoms with Gasteiger partial charge in [-0.1, -0.05) is 28.1 Å². The molecule has 0 bridgehead atoms. The van der Waals surface area contributed by atoms with Crippen LogP contribution in [0.15, 0.2) is 28.7 Å². The molecule has 0 N–H and O–H groups in total. The highest BCUT2D eigenvalue weighted by Gasteiger charge is 1.97. The van der Waals surface area contributed by atoms with E-state index in [1.54, 1.807) is 0 Å². The first kappa shape index (κ1) is 12.1. The third-order valence-corrected chi connectivity index (χ3v) is 2.91. The topological polar surface area (TPSA) is 3.24 Å². The van der Waals surface area contributed by atoms with Crippen LogP contribution in [0, 0.1) is 0 Å². The van der Waals surface area contributed by atoms with Crippen LogP contribution in [-0.2, 0) is 6.42 Å². The SMILES string of the molecule is CN(CCS)CCc1ccc(Br)cc1. The minimum absolute atomic E-state index is 0.927. The lowest BCUT2D eigenvalue weighted by Crippen LogP contribution is -2.23. The van der Waals surface area contributed by atoms with Crippen LogP contribution in [0.25, 0.3) is 0 Å². The van der Waals surface area contributed by atoms with Crippen molar-refractivity contribution in [1.29, 1.82) is 0 Å².